The lowest BCUT2D eigenvalue weighted by molar-refractivity contribution is -0.140. The van der Waals surface area contributed by atoms with Crippen molar-refractivity contribution in [3.05, 3.63) is 120 Å². The van der Waals surface area contributed by atoms with E-state index in [1.54, 1.807) is 19.2 Å². The normalized spacial score (nSPS) is 12.7. The van der Waals surface area contributed by atoms with Crippen molar-refractivity contribution < 1.29 is 34.3 Å². The molecule has 1 heterocycles. The average molecular weight is 560 g/mol. The van der Waals surface area contributed by atoms with Crippen LogP contribution in [0, 0.1) is 0 Å². The van der Waals surface area contributed by atoms with Crippen LogP contribution in [0.15, 0.2) is 97.2 Å². The number of rotatable bonds is 11. The second-order valence-corrected chi connectivity index (χ2v) is 9.59. The molecule has 0 saturated carbocycles. The van der Waals surface area contributed by atoms with Crippen molar-refractivity contribution in [2.24, 2.45) is 0 Å². The smallest absolute Gasteiger partial charge is 0.305 e. The lowest BCUT2D eigenvalue weighted by atomic mass is 9.89. The zero-order valence-corrected chi connectivity index (χ0v) is 23.6. The van der Waals surface area contributed by atoms with E-state index in [1.165, 1.54) is 31.9 Å². The molecule has 0 aliphatic heterocycles. The highest BCUT2D eigenvalue weighted by Crippen LogP contribution is 2.34. The lowest BCUT2D eigenvalue weighted by Crippen LogP contribution is -2.38. The molecule has 0 radical (unpaired) electrons. The standard InChI is InChI=1S/C23H25NO5.C10H12O2/c1-23(27,21(26)12-16-8-10-18(28-2)11-9-16)22-20(25)13-19(14-24-22)29-15-17-6-4-3-5-7-17;1-12-10(11)8-7-9-5-3-2-4-6-9/h3-11,13-14,21,25-27H,12,15H2,1-2H3;2-6H,7-8H2,1H3/t21-,23?;/m0./s1. The van der Waals surface area contributed by atoms with E-state index in [0.717, 1.165) is 17.5 Å². The van der Waals surface area contributed by atoms with Gasteiger partial charge in [-0.1, -0.05) is 72.8 Å². The van der Waals surface area contributed by atoms with Gasteiger partial charge in [-0.25, -0.2) is 0 Å². The van der Waals surface area contributed by atoms with Gasteiger partial charge in [-0.3, -0.25) is 9.78 Å². The number of pyridine rings is 1. The SMILES string of the molecule is COC(=O)CCc1ccccc1.COc1ccc(C[C@H](O)C(C)(O)c2ncc(OCc3ccccc3)cc2O)cc1. The summed E-state index contributed by atoms with van der Waals surface area (Å²) in [5.41, 5.74) is 1.22. The summed E-state index contributed by atoms with van der Waals surface area (Å²) in [6.07, 6.45) is 1.65. The molecule has 4 rings (SSSR count). The van der Waals surface area contributed by atoms with Crippen LogP contribution in [0.3, 0.4) is 0 Å². The molecule has 0 fully saturated rings. The van der Waals surface area contributed by atoms with Gasteiger partial charge in [0.25, 0.3) is 0 Å². The van der Waals surface area contributed by atoms with Crippen molar-refractivity contribution in [1.82, 2.24) is 4.98 Å². The fourth-order valence-electron chi connectivity index (χ4n) is 3.98. The summed E-state index contributed by atoms with van der Waals surface area (Å²) in [7, 11) is 2.99. The van der Waals surface area contributed by atoms with Gasteiger partial charge in [-0.2, -0.15) is 0 Å². The highest BCUT2D eigenvalue weighted by molar-refractivity contribution is 5.69. The summed E-state index contributed by atoms with van der Waals surface area (Å²) in [5, 5.41) is 31.8. The Morgan fingerprint density at radius 2 is 1.49 bits per heavy atom. The number of ether oxygens (including phenoxy) is 3. The first kappa shape index (κ1) is 31.1. The fourth-order valence-corrected chi connectivity index (χ4v) is 3.98. The Morgan fingerprint density at radius 3 is 2.05 bits per heavy atom. The van der Waals surface area contributed by atoms with Crippen LogP contribution in [-0.2, 0) is 34.6 Å². The summed E-state index contributed by atoms with van der Waals surface area (Å²) in [5.74, 6) is 0.684. The third kappa shape index (κ3) is 9.63. The van der Waals surface area contributed by atoms with Gasteiger partial charge in [0.15, 0.2) is 0 Å². The molecule has 1 unspecified atom stereocenters. The summed E-state index contributed by atoms with van der Waals surface area (Å²) in [6.45, 7) is 1.76. The molecule has 8 heteroatoms. The maximum atomic E-state index is 10.9. The van der Waals surface area contributed by atoms with Gasteiger partial charge < -0.3 is 29.5 Å². The minimum absolute atomic E-state index is 0.00873. The van der Waals surface area contributed by atoms with Gasteiger partial charge in [-0.05, 0) is 42.2 Å². The number of hydrogen-bond donors (Lipinski definition) is 3. The van der Waals surface area contributed by atoms with Crippen molar-refractivity contribution >= 4 is 5.97 Å². The number of hydrogen-bond acceptors (Lipinski definition) is 8. The van der Waals surface area contributed by atoms with Gasteiger partial charge in [0.1, 0.15) is 35.2 Å². The summed E-state index contributed by atoms with van der Waals surface area (Å²) < 4.78 is 15.3. The highest BCUT2D eigenvalue weighted by atomic mass is 16.5. The van der Waals surface area contributed by atoms with Crippen LogP contribution in [0.4, 0.5) is 0 Å². The lowest BCUT2D eigenvalue weighted by Gasteiger charge is -2.29. The van der Waals surface area contributed by atoms with Crippen molar-refractivity contribution in [2.45, 2.75) is 44.5 Å². The Balaban J connectivity index is 0.000000322. The maximum Gasteiger partial charge on any atom is 0.305 e. The van der Waals surface area contributed by atoms with Crippen molar-refractivity contribution in [3.8, 4) is 17.2 Å². The zero-order valence-electron chi connectivity index (χ0n) is 23.6. The second kappa shape index (κ2) is 15.4. The molecule has 8 nitrogen and oxygen atoms in total. The second-order valence-electron chi connectivity index (χ2n) is 9.59. The molecule has 0 aliphatic rings. The predicted octanol–water partition coefficient (Wildman–Crippen LogP) is 4.98. The summed E-state index contributed by atoms with van der Waals surface area (Å²) in [6, 6.07) is 28.1. The van der Waals surface area contributed by atoms with Gasteiger partial charge >= 0.3 is 5.97 Å². The predicted molar refractivity (Wildman–Crippen MR) is 156 cm³/mol. The van der Waals surface area contributed by atoms with E-state index in [-0.39, 0.29) is 23.8 Å². The van der Waals surface area contributed by atoms with Crippen LogP contribution in [0.1, 0.15) is 35.7 Å². The van der Waals surface area contributed by atoms with Crippen LogP contribution in [0.25, 0.3) is 0 Å². The van der Waals surface area contributed by atoms with Gasteiger partial charge in [0.2, 0.25) is 0 Å². The molecule has 4 aromatic rings. The van der Waals surface area contributed by atoms with E-state index < -0.39 is 11.7 Å². The number of aliphatic hydroxyl groups is 2. The molecule has 0 spiro atoms. The quantitative estimate of drug-likeness (QED) is 0.220. The first-order valence-corrected chi connectivity index (χ1v) is 13.2. The maximum absolute atomic E-state index is 10.9. The molecule has 0 saturated heterocycles. The number of methoxy groups -OCH3 is 2. The minimum atomic E-state index is -1.75. The van der Waals surface area contributed by atoms with Crippen molar-refractivity contribution in [2.75, 3.05) is 14.2 Å². The minimum Gasteiger partial charge on any atom is -0.506 e. The molecule has 0 bridgehead atoms. The summed E-state index contributed by atoms with van der Waals surface area (Å²) in [4.78, 5) is 14.9. The molecule has 0 aliphatic carbocycles. The Morgan fingerprint density at radius 1 is 0.878 bits per heavy atom. The first-order valence-electron chi connectivity index (χ1n) is 13.2. The number of aromatic nitrogens is 1. The first-order chi connectivity index (χ1) is 19.7. The number of esters is 1. The number of aryl methyl sites for hydroxylation is 1. The van der Waals surface area contributed by atoms with E-state index in [4.69, 9.17) is 9.47 Å². The van der Waals surface area contributed by atoms with Crippen molar-refractivity contribution in [1.29, 1.82) is 0 Å². The Bertz CT molecular complexity index is 1340. The number of benzene rings is 3. The van der Waals surface area contributed by atoms with Crippen LogP contribution >= 0.6 is 0 Å². The monoisotopic (exact) mass is 559 g/mol. The number of nitrogens with zero attached hydrogens (tertiary/aromatic N) is 1. The van der Waals surface area contributed by atoms with E-state index >= 15 is 0 Å². The van der Waals surface area contributed by atoms with E-state index in [2.05, 4.69) is 9.72 Å². The van der Waals surface area contributed by atoms with E-state index in [1.807, 2.05) is 72.8 Å². The zero-order chi connectivity index (χ0) is 29.7. The van der Waals surface area contributed by atoms with Crippen LogP contribution in [0.2, 0.25) is 0 Å². The molecule has 3 aromatic carbocycles. The fraction of sp³-hybridized carbons (Fsp3) is 0.273. The third-order valence-corrected chi connectivity index (χ3v) is 6.50. The van der Waals surface area contributed by atoms with Gasteiger partial charge in [0, 0.05) is 18.9 Å². The third-order valence-electron chi connectivity index (χ3n) is 6.50. The van der Waals surface area contributed by atoms with E-state index in [0.29, 0.717) is 24.5 Å². The summed E-state index contributed by atoms with van der Waals surface area (Å²) >= 11 is 0. The molecular formula is C33H37NO7. The van der Waals surface area contributed by atoms with E-state index in [9.17, 15) is 20.1 Å². The van der Waals surface area contributed by atoms with Crippen LogP contribution < -0.4 is 9.47 Å². The molecule has 2 atom stereocenters. The molecule has 41 heavy (non-hydrogen) atoms. The molecule has 1 aromatic heterocycles. The van der Waals surface area contributed by atoms with Crippen molar-refractivity contribution in [3.63, 3.8) is 0 Å². The number of carbonyl (C=O) groups is 1. The van der Waals surface area contributed by atoms with Gasteiger partial charge in [-0.15, -0.1) is 0 Å². The molecule has 3 N–H and O–H groups in total. The molecule has 216 valence electrons. The number of carbonyl (C=O) groups excluding carboxylic acids is 1. The molecule has 0 amide bonds. The van der Waals surface area contributed by atoms with Crippen LogP contribution in [-0.4, -0.2) is 46.6 Å². The Kier molecular flexibility index (Phi) is 11.7. The van der Waals surface area contributed by atoms with Gasteiger partial charge in [0.05, 0.1) is 26.5 Å². The highest BCUT2D eigenvalue weighted by Gasteiger charge is 2.36. The largest absolute Gasteiger partial charge is 0.506 e. The topological polar surface area (TPSA) is 118 Å². The average Bonchev–Trinajstić information content (AvgIpc) is 3.00. The number of aromatic hydroxyl groups is 1. The Labute approximate surface area is 240 Å². The molecular weight excluding hydrogens is 522 g/mol. The number of aliphatic hydroxyl groups excluding tert-OH is 1. The van der Waals surface area contributed by atoms with Crippen LogP contribution in [0.5, 0.6) is 17.2 Å². The Hall–Kier alpha value is -4.40.